The van der Waals surface area contributed by atoms with Crippen LogP contribution >= 0.6 is 0 Å². The van der Waals surface area contributed by atoms with Crippen LogP contribution in [0.4, 0.5) is 9.18 Å². The zero-order chi connectivity index (χ0) is 21.3. The van der Waals surface area contributed by atoms with E-state index in [0.717, 1.165) is 10.5 Å². The molecule has 0 aliphatic carbocycles. The summed E-state index contributed by atoms with van der Waals surface area (Å²) in [5, 5.41) is 3.12. The van der Waals surface area contributed by atoms with Gasteiger partial charge in [-0.15, -0.1) is 0 Å². The largest absolute Gasteiger partial charge is 0.361 e. The minimum Gasteiger partial charge on any atom is -0.361 e. The van der Waals surface area contributed by atoms with Crippen molar-refractivity contribution in [1.82, 2.24) is 20.1 Å². The number of H-pyrrole nitrogens is 1. The highest BCUT2D eigenvalue weighted by molar-refractivity contribution is 6.08. The SMILES string of the molecule is CCN(Cc1ccccc1)C(=O)CN1C(=O)NC(c2c[nH]c3ccc(F)cc23)C1=O. The highest BCUT2D eigenvalue weighted by Gasteiger charge is 2.41. The topological polar surface area (TPSA) is 85.5 Å². The van der Waals surface area contributed by atoms with E-state index in [-0.39, 0.29) is 12.5 Å². The first kappa shape index (κ1) is 19.6. The van der Waals surface area contributed by atoms with E-state index >= 15 is 0 Å². The average Bonchev–Trinajstić information content (AvgIpc) is 3.27. The molecule has 1 atom stereocenters. The van der Waals surface area contributed by atoms with Crippen LogP contribution in [0.15, 0.2) is 54.7 Å². The van der Waals surface area contributed by atoms with Crippen molar-refractivity contribution in [2.75, 3.05) is 13.1 Å². The van der Waals surface area contributed by atoms with Crippen LogP contribution in [0.5, 0.6) is 0 Å². The molecular weight excluding hydrogens is 387 g/mol. The third-order valence-electron chi connectivity index (χ3n) is 5.26. The van der Waals surface area contributed by atoms with Gasteiger partial charge >= 0.3 is 6.03 Å². The first-order chi connectivity index (χ1) is 14.5. The highest BCUT2D eigenvalue weighted by Crippen LogP contribution is 2.29. The summed E-state index contributed by atoms with van der Waals surface area (Å²) in [5.41, 5.74) is 2.08. The lowest BCUT2D eigenvalue weighted by Gasteiger charge is -2.23. The van der Waals surface area contributed by atoms with E-state index < -0.39 is 23.8 Å². The Kier molecular flexibility index (Phi) is 5.22. The van der Waals surface area contributed by atoms with Crippen molar-refractivity contribution in [3.05, 3.63) is 71.7 Å². The van der Waals surface area contributed by atoms with Crippen molar-refractivity contribution in [2.24, 2.45) is 0 Å². The Balaban J connectivity index is 1.51. The zero-order valence-electron chi connectivity index (χ0n) is 16.4. The number of nitrogens with one attached hydrogen (secondary N) is 2. The predicted octanol–water partition coefficient (Wildman–Crippen LogP) is 2.95. The summed E-state index contributed by atoms with van der Waals surface area (Å²) in [6.07, 6.45) is 1.58. The molecule has 1 unspecified atom stereocenters. The summed E-state index contributed by atoms with van der Waals surface area (Å²) < 4.78 is 13.7. The number of hydrogen-bond donors (Lipinski definition) is 2. The Hall–Kier alpha value is -3.68. The van der Waals surface area contributed by atoms with Gasteiger partial charge in [0, 0.05) is 35.8 Å². The monoisotopic (exact) mass is 408 g/mol. The summed E-state index contributed by atoms with van der Waals surface area (Å²) in [5.74, 6) is -1.29. The summed E-state index contributed by atoms with van der Waals surface area (Å²) in [7, 11) is 0. The highest BCUT2D eigenvalue weighted by atomic mass is 19.1. The van der Waals surface area contributed by atoms with Crippen LogP contribution in [0, 0.1) is 5.82 Å². The van der Waals surface area contributed by atoms with Crippen molar-refractivity contribution in [1.29, 1.82) is 0 Å². The first-order valence-corrected chi connectivity index (χ1v) is 9.68. The van der Waals surface area contributed by atoms with Crippen molar-refractivity contribution in [3.8, 4) is 0 Å². The van der Waals surface area contributed by atoms with E-state index in [2.05, 4.69) is 10.3 Å². The van der Waals surface area contributed by atoms with Gasteiger partial charge in [0.05, 0.1) is 0 Å². The quantitative estimate of drug-likeness (QED) is 0.615. The Morgan fingerprint density at radius 3 is 2.67 bits per heavy atom. The molecule has 2 N–H and O–H groups in total. The molecule has 1 aliphatic rings. The number of nitrogens with zero attached hydrogens (tertiary/aromatic N) is 2. The molecule has 1 fully saturated rings. The molecule has 2 heterocycles. The van der Waals surface area contributed by atoms with Crippen LogP contribution in [0.25, 0.3) is 10.9 Å². The number of rotatable bonds is 6. The van der Waals surface area contributed by atoms with Crippen LogP contribution in [0.2, 0.25) is 0 Å². The fourth-order valence-electron chi connectivity index (χ4n) is 3.65. The van der Waals surface area contributed by atoms with E-state index in [4.69, 9.17) is 0 Å². The fourth-order valence-corrected chi connectivity index (χ4v) is 3.65. The molecule has 4 amide bonds. The molecule has 1 aliphatic heterocycles. The molecule has 0 saturated carbocycles. The van der Waals surface area contributed by atoms with Crippen LogP contribution in [-0.2, 0) is 16.1 Å². The van der Waals surface area contributed by atoms with Crippen molar-refractivity contribution >= 4 is 28.7 Å². The van der Waals surface area contributed by atoms with Crippen LogP contribution in [-0.4, -0.2) is 45.7 Å². The maximum atomic E-state index is 13.7. The molecule has 1 aromatic heterocycles. The number of aromatic nitrogens is 1. The number of fused-ring (bicyclic) bond motifs is 1. The van der Waals surface area contributed by atoms with Crippen molar-refractivity contribution < 1.29 is 18.8 Å². The van der Waals surface area contributed by atoms with E-state index in [1.54, 1.807) is 17.2 Å². The van der Waals surface area contributed by atoms with Crippen LogP contribution < -0.4 is 5.32 Å². The summed E-state index contributed by atoms with van der Waals surface area (Å²) in [4.78, 5) is 43.6. The number of carbonyl (C=O) groups excluding carboxylic acids is 3. The molecule has 0 spiro atoms. The smallest absolute Gasteiger partial charge is 0.325 e. The molecule has 4 rings (SSSR count). The average molecular weight is 408 g/mol. The fraction of sp³-hybridized carbons (Fsp3) is 0.227. The number of halogens is 1. The standard InChI is InChI=1S/C22H21FN4O3/c1-2-26(12-14-6-4-3-5-7-14)19(28)13-27-21(29)20(25-22(27)30)17-11-24-18-9-8-15(23)10-16(17)18/h3-11,20,24H,2,12-13H2,1H3,(H,25,30). The number of benzene rings is 2. The molecular formula is C22H21FN4O3. The second-order valence-electron chi connectivity index (χ2n) is 7.13. The molecule has 0 radical (unpaired) electrons. The third-order valence-corrected chi connectivity index (χ3v) is 5.26. The Bertz CT molecular complexity index is 1110. The molecule has 2 aromatic carbocycles. The Morgan fingerprint density at radius 2 is 1.93 bits per heavy atom. The molecule has 1 saturated heterocycles. The molecule has 0 bridgehead atoms. The van der Waals surface area contributed by atoms with Gasteiger partial charge in [-0.25, -0.2) is 9.18 Å². The molecule has 8 heteroatoms. The number of likely N-dealkylation sites (N-methyl/N-ethyl adjacent to an activating group) is 1. The number of carbonyl (C=O) groups is 3. The second kappa shape index (κ2) is 7.98. The van der Waals surface area contributed by atoms with Gasteiger partial charge in [-0.3, -0.25) is 14.5 Å². The Labute approximate surface area is 172 Å². The maximum Gasteiger partial charge on any atom is 0.325 e. The minimum absolute atomic E-state index is 0.324. The lowest BCUT2D eigenvalue weighted by atomic mass is 10.1. The van der Waals surface area contributed by atoms with Crippen LogP contribution in [0.1, 0.15) is 24.1 Å². The number of amides is 4. The van der Waals surface area contributed by atoms with Gasteiger partial charge in [0.25, 0.3) is 5.91 Å². The summed E-state index contributed by atoms with van der Waals surface area (Å²) >= 11 is 0. The number of hydrogen-bond acceptors (Lipinski definition) is 3. The van der Waals surface area contributed by atoms with E-state index in [0.29, 0.717) is 29.6 Å². The van der Waals surface area contributed by atoms with Gasteiger partial charge in [-0.05, 0) is 30.7 Å². The van der Waals surface area contributed by atoms with E-state index in [1.807, 2.05) is 37.3 Å². The summed E-state index contributed by atoms with van der Waals surface area (Å²) in [6, 6.07) is 12.1. The van der Waals surface area contributed by atoms with E-state index in [9.17, 15) is 18.8 Å². The van der Waals surface area contributed by atoms with Gasteiger partial charge in [-0.1, -0.05) is 30.3 Å². The summed E-state index contributed by atoms with van der Waals surface area (Å²) in [6.45, 7) is 2.34. The maximum absolute atomic E-state index is 13.7. The normalized spacial score (nSPS) is 16.2. The molecule has 30 heavy (non-hydrogen) atoms. The van der Waals surface area contributed by atoms with Gasteiger partial charge in [0.2, 0.25) is 5.91 Å². The molecule has 7 nitrogen and oxygen atoms in total. The third kappa shape index (κ3) is 3.63. The van der Waals surface area contributed by atoms with E-state index in [1.165, 1.54) is 12.1 Å². The zero-order valence-corrected chi connectivity index (χ0v) is 16.4. The lowest BCUT2D eigenvalue weighted by molar-refractivity contribution is -0.137. The molecule has 3 aromatic rings. The second-order valence-corrected chi connectivity index (χ2v) is 7.13. The Morgan fingerprint density at radius 1 is 1.17 bits per heavy atom. The van der Waals surface area contributed by atoms with Gasteiger partial charge in [0.15, 0.2) is 0 Å². The van der Waals surface area contributed by atoms with Gasteiger partial charge in [0.1, 0.15) is 18.4 Å². The number of urea groups is 1. The van der Waals surface area contributed by atoms with Gasteiger partial charge < -0.3 is 15.2 Å². The lowest BCUT2D eigenvalue weighted by Crippen LogP contribution is -2.42. The van der Waals surface area contributed by atoms with Crippen LogP contribution in [0.3, 0.4) is 0 Å². The first-order valence-electron chi connectivity index (χ1n) is 9.68. The predicted molar refractivity (Wildman–Crippen MR) is 109 cm³/mol. The molecule has 154 valence electrons. The van der Waals surface area contributed by atoms with Gasteiger partial charge in [-0.2, -0.15) is 0 Å². The number of imide groups is 1. The minimum atomic E-state index is -0.968. The number of aromatic amines is 1. The van der Waals surface area contributed by atoms with Crippen molar-refractivity contribution in [3.63, 3.8) is 0 Å². The van der Waals surface area contributed by atoms with Crippen molar-refractivity contribution in [2.45, 2.75) is 19.5 Å².